The summed E-state index contributed by atoms with van der Waals surface area (Å²) in [5.41, 5.74) is 1.72. The summed E-state index contributed by atoms with van der Waals surface area (Å²) in [7, 11) is -2.47. The minimum absolute atomic E-state index is 0.0391. The highest BCUT2D eigenvalue weighted by molar-refractivity contribution is 7.17. The second-order valence-electron chi connectivity index (χ2n) is 11.6. The molecule has 2 aromatic heterocycles. The molecule has 0 radical (unpaired) electrons. The average Bonchev–Trinajstić information content (AvgIpc) is 3.18. The van der Waals surface area contributed by atoms with Crippen LogP contribution in [0, 0.1) is 6.92 Å². The summed E-state index contributed by atoms with van der Waals surface area (Å²) in [6.07, 6.45) is 1.48. The summed E-state index contributed by atoms with van der Waals surface area (Å²) in [4.78, 5) is 30.5. The minimum atomic E-state index is -1.24. The fourth-order valence-electron chi connectivity index (χ4n) is 3.53. The molecule has 3 aromatic rings. The molecule has 0 amide bonds. The molecule has 0 aliphatic rings. The van der Waals surface area contributed by atoms with Crippen LogP contribution in [-0.2, 0) is 16.2 Å². The van der Waals surface area contributed by atoms with Gasteiger partial charge in [-0.05, 0) is 48.3 Å². The summed E-state index contributed by atoms with van der Waals surface area (Å²) in [6, 6.07) is 7.22. The van der Waals surface area contributed by atoms with Crippen molar-refractivity contribution in [3.8, 4) is 16.2 Å². The fourth-order valence-corrected chi connectivity index (χ4v) is 6.04. The van der Waals surface area contributed by atoms with Gasteiger partial charge in [0.15, 0.2) is 6.79 Å². The number of ether oxygens (including phenoxy) is 3. The van der Waals surface area contributed by atoms with Crippen molar-refractivity contribution in [1.29, 1.82) is 0 Å². The maximum atomic E-state index is 13.4. The second-order valence-corrected chi connectivity index (χ2v) is 23.9. The van der Waals surface area contributed by atoms with E-state index < -0.39 is 22.1 Å². The zero-order valence-electron chi connectivity index (χ0n) is 22.8. The van der Waals surface area contributed by atoms with Gasteiger partial charge in [0.25, 0.3) is 5.56 Å². The first-order chi connectivity index (χ1) is 17.2. The SMILES string of the molecule is Cc1cc(C(=O)O)sc1-c1cc(OCOCC[Si](C)(C)C)c2ncn(COCC[Si](C)(C)C)c(=O)c2c1. The number of nitrogens with zero attached hydrogens (tertiary/aromatic N) is 2. The average molecular weight is 563 g/mol. The number of benzene rings is 1. The Balaban J connectivity index is 1.94. The Morgan fingerprint density at radius 3 is 2.27 bits per heavy atom. The van der Waals surface area contributed by atoms with Crippen LogP contribution in [0.25, 0.3) is 21.3 Å². The van der Waals surface area contributed by atoms with Crippen LogP contribution >= 0.6 is 11.3 Å². The molecule has 0 atom stereocenters. The van der Waals surface area contributed by atoms with Crippen LogP contribution in [0.2, 0.25) is 51.4 Å². The summed E-state index contributed by atoms with van der Waals surface area (Å²) >= 11 is 1.17. The van der Waals surface area contributed by atoms with Gasteiger partial charge in [0.05, 0.1) is 5.39 Å². The fraction of sp³-hybridized carbons (Fsp3) is 0.500. The van der Waals surface area contributed by atoms with Gasteiger partial charge in [-0.25, -0.2) is 9.78 Å². The monoisotopic (exact) mass is 562 g/mol. The molecule has 11 heteroatoms. The zero-order valence-corrected chi connectivity index (χ0v) is 25.7. The highest BCUT2D eigenvalue weighted by Gasteiger charge is 2.18. The van der Waals surface area contributed by atoms with E-state index in [1.807, 2.05) is 6.92 Å². The van der Waals surface area contributed by atoms with Gasteiger partial charge in [-0.2, -0.15) is 0 Å². The molecule has 37 heavy (non-hydrogen) atoms. The van der Waals surface area contributed by atoms with E-state index in [2.05, 4.69) is 44.3 Å². The number of hydrogen-bond donors (Lipinski definition) is 1. The summed E-state index contributed by atoms with van der Waals surface area (Å²) < 4.78 is 18.9. The molecule has 0 aliphatic heterocycles. The third-order valence-electron chi connectivity index (χ3n) is 5.80. The van der Waals surface area contributed by atoms with Gasteiger partial charge in [0, 0.05) is 34.2 Å². The number of aryl methyl sites for hydroxylation is 1. The first-order valence-electron chi connectivity index (χ1n) is 12.4. The molecule has 0 spiro atoms. The molecular weight excluding hydrogens is 525 g/mol. The van der Waals surface area contributed by atoms with E-state index in [9.17, 15) is 14.7 Å². The Bertz CT molecular complexity index is 1310. The molecule has 0 aliphatic carbocycles. The van der Waals surface area contributed by atoms with Crippen molar-refractivity contribution in [3.63, 3.8) is 0 Å². The summed E-state index contributed by atoms with van der Waals surface area (Å²) in [5.74, 6) is -0.555. The van der Waals surface area contributed by atoms with Gasteiger partial charge in [-0.1, -0.05) is 39.3 Å². The van der Waals surface area contributed by atoms with E-state index in [1.54, 1.807) is 18.2 Å². The molecule has 0 saturated carbocycles. The number of rotatable bonds is 13. The number of aromatic nitrogens is 2. The number of carboxylic acids is 1. The second kappa shape index (κ2) is 12.0. The molecule has 0 unspecified atom stereocenters. The molecule has 0 bridgehead atoms. The minimum Gasteiger partial charge on any atom is -0.477 e. The maximum absolute atomic E-state index is 13.4. The Morgan fingerprint density at radius 2 is 1.68 bits per heavy atom. The third-order valence-corrected chi connectivity index (χ3v) is 10.5. The quantitative estimate of drug-likeness (QED) is 0.152. The van der Waals surface area contributed by atoms with E-state index in [0.717, 1.165) is 22.5 Å². The van der Waals surface area contributed by atoms with Crippen molar-refractivity contribution in [3.05, 3.63) is 45.3 Å². The Kier molecular flexibility index (Phi) is 9.51. The van der Waals surface area contributed by atoms with E-state index in [1.165, 1.54) is 22.2 Å². The zero-order chi connectivity index (χ0) is 27.4. The smallest absolute Gasteiger partial charge is 0.345 e. The van der Waals surface area contributed by atoms with Gasteiger partial charge in [-0.15, -0.1) is 11.3 Å². The predicted octanol–water partition coefficient (Wildman–Crippen LogP) is 6.14. The normalized spacial score (nSPS) is 12.3. The van der Waals surface area contributed by atoms with Crippen LogP contribution in [0.15, 0.2) is 29.3 Å². The van der Waals surface area contributed by atoms with Gasteiger partial charge >= 0.3 is 5.97 Å². The lowest BCUT2D eigenvalue weighted by molar-refractivity contribution is 0.0228. The van der Waals surface area contributed by atoms with Crippen molar-refractivity contribution in [2.24, 2.45) is 0 Å². The molecule has 3 rings (SSSR count). The van der Waals surface area contributed by atoms with Crippen molar-refractivity contribution < 1.29 is 24.1 Å². The highest BCUT2D eigenvalue weighted by atomic mass is 32.1. The van der Waals surface area contributed by atoms with Gasteiger partial charge in [-0.3, -0.25) is 9.36 Å². The largest absolute Gasteiger partial charge is 0.477 e. The van der Waals surface area contributed by atoms with Gasteiger partial charge < -0.3 is 19.3 Å². The molecule has 2 heterocycles. The van der Waals surface area contributed by atoms with Crippen LogP contribution in [0.4, 0.5) is 0 Å². The van der Waals surface area contributed by atoms with E-state index in [4.69, 9.17) is 14.2 Å². The van der Waals surface area contributed by atoms with Crippen LogP contribution in [0.1, 0.15) is 15.2 Å². The third kappa shape index (κ3) is 8.34. The van der Waals surface area contributed by atoms with Gasteiger partial charge in [0.2, 0.25) is 0 Å². The number of hydrogen-bond acceptors (Lipinski definition) is 7. The molecule has 0 saturated heterocycles. The van der Waals surface area contributed by atoms with Crippen LogP contribution in [0.3, 0.4) is 0 Å². The van der Waals surface area contributed by atoms with Gasteiger partial charge in [0.1, 0.15) is 29.2 Å². The Hall–Kier alpha value is -2.32. The van der Waals surface area contributed by atoms with Crippen molar-refractivity contribution in [2.75, 3.05) is 20.0 Å². The molecule has 1 N–H and O–H groups in total. The van der Waals surface area contributed by atoms with Crippen LogP contribution < -0.4 is 10.3 Å². The molecule has 1 aromatic carbocycles. The molecular formula is C26H38N2O6SSi2. The number of carbonyl (C=O) groups is 1. The van der Waals surface area contributed by atoms with Crippen molar-refractivity contribution in [1.82, 2.24) is 9.55 Å². The first-order valence-corrected chi connectivity index (χ1v) is 20.6. The summed E-state index contributed by atoms with van der Waals surface area (Å²) in [6.45, 7) is 16.9. The molecule has 0 fully saturated rings. The van der Waals surface area contributed by atoms with E-state index in [0.29, 0.717) is 35.4 Å². The predicted molar refractivity (Wildman–Crippen MR) is 155 cm³/mol. The highest BCUT2D eigenvalue weighted by Crippen LogP contribution is 2.36. The lowest BCUT2D eigenvalue weighted by Crippen LogP contribution is -2.25. The molecule has 8 nitrogen and oxygen atoms in total. The number of aromatic carboxylic acids is 1. The van der Waals surface area contributed by atoms with Crippen molar-refractivity contribution in [2.45, 2.75) is 65.0 Å². The summed E-state index contributed by atoms with van der Waals surface area (Å²) in [5, 5.41) is 9.84. The van der Waals surface area contributed by atoms with Crippen molar-refractivity contribution >= 4 is 44.4 Å². The molecule has 202 valence electrons. The standard InChI is InChI=1S/C26H38N2O6SSi2/c1-18-12-22(26(30)31)35-24(18)19-13-20-23(21(14-19)34-17-33-9-11-37(5,6)7)27-15-28(25(20)29)16-32-8-10-36(2,3)4/h12-15H,8-11,16-17H2,1-7H3,(H,30,31). The first kappa shape index (κ1) is 29.2. The van der Waals surface area contributed by atoms with E-state index >= 15 is 0 Å². The number of thiophene rings is 1. The van der Waals surface area contributed by atoms with Crippen LogP contribution in [0.5, 0.6) is 5.75 Å². The lowest BCUT2D eigenvalue weighted by Gasteiger charge is -2.17. The topological polar surface area (TPSA) is 99.9 Å². The Labute approximate surface area is 224 Å². The van der Waals surface area contributed by atoms with E-state index in [-0.39, 0.29) is 24.0 Å². The number of carboxylic acid groups (broad SMARTS) is 1. The van der Waals surface area contributed by atoms with Crippen LogP contribution in [-0.4, -0.2) is 56.8 Å². The Morgan fingerprint density at radius 1 is 1.03 bits per heavy atom. The number of fused-ring (bicyclic) bond motifs is 1. The lowest BCUT2D eigenvalue weighted by atomic mass is 10.1. The maximum Gasteiger partial charge on any atom is 0.345 e.